The van der Waals surface area contributed by atoms with E-state index < -0.39 is 0 Å². The molecule has 2 aromatic heterocycles. The molecular weight excluding hydrogens is 435 g/mol. The molecule has 3 rings (SSSR count). The summed E-state index contributed by atoms with van der Waals surface area (Å²) in [6, 6.07) is 5.14. The molecule has 28 heavy (non-hydrogen) atoms. The van der Waals surface area contributed by atoms with Gasteiger partial charge in [-0.1, -0.05) is 48.0 Å². The van der Waals surface area contributed by atoms with Crippen LogP contribution in [0.5, 0.6) is 0 Å². The summed E-state index contributed by atoms with van der Waals surface area (Å²) in [7, 11) is 0. The largest absolute Gasteiger partial charge is 0.324 e. The van der Waals surface area contributed by atoms with Crippen molar-refractivity contribution >= 4 is 57.9 Å². The molecular formula is C19H20Cl2N4OS2. The highest BCUT2D eigenvalue weighted by Crippen LogP contribution is 2.32. The van der Waals surface area contributed by atoms with Gasteiger partial charge in [0.1, 0.15) is 0 Å². The number of halogens is 2. The number of anilines is 1. The number of hydrogen-bond donors (Lipinski definition) is 1. The predicted octanol–water partition coefficient (Wildman–Crippen LogP) is 6.07. The Morgan fingerprint density at radius 2 is 2.07 bits per heavy atom. The second-order valence-electron chi connectivity index (χ2n) is 6.23. The van der Waals surface area contributed by atoms with Crippen molar-refractivity contribution in [3.8, 4) is 11.4 Å². The Hall–Kier alpha value is -1.54. The molecule has 0 fully saturated rings. The van der Waals surface area contributed by atoms with Crippen molar-refractivity contribution in [2.24, 2.45) is 0 Å². The van der Waals surface area contributed by atoms with Crippen LogP contribution >= 0.6 is 46.3 Å². The molecule has 1 aromatic carbocycles. The summed E-state index contributed by atoms with van der Waals surface area (Å²) in [6.45, 7) is 7.10. The summed E-state index contributed by atoms with van der Waals surface area (Å²) >= 11 is 15.2. The molecule has 0 radical (unpaired) electrons. The summed E-state index contributed by atoms with van der Waals surface area (Å²) in [5, 5.41) is 15.1. The van der Waals surface area contributed by atoms with E-state index >= 15 is 0 Å². The van der Waals surface area contributed by atoms with Crippen molar-refractivity contribution < 1.29 is 4.79 Å². The van der Waals surface area contributed by atoms with E-state index in [1.54, 1.807) is 29.5 Å². The van der Waals surface area contributed by atoms with Crippen LogP contribution in [0.2, 0.25) is 10.0 Å². The Balaban J connectivity index is 1.74. The van der Waals surface area contributed by atoms with Crippen molar-refractivity contribution in [3.63, 3.8) is 0 Å². The SMILES string of the molecule is CCCn1c(SCC(=O)Nc2cccc(Cl)c2Cl)nnc1-c1csc(C)c1C. The summed E-state index contributed by atoms with van der Waals surface area (Å²) in [4.78, 5) is 13.6. The maximum Gasteiger partial charge on any atom is 0.234 e. The van der Waals surface area contributed by atoms with E-state index in [2.05, 4.69) is 46.2 Å². The standard InChI is InChI=1S/C19H20Cl2N4OS2/c1-4-8-25-18(13-9-27-12(3)11(13)2)23-24-19(25)28-10-16(26)22-15-7-5-6-14(20)17(15)21/h5-7,9H,4,8,10H2,1-3H3,(H,22,26). The van der Waals surface area contributed by atoms with E-state index in [-0.39, 0.29) is 11.7 Å². The van der Waals surface area contributed by atoms with Gasteiger partial charge in [0.25, 0.3) is 0 Å². The summed E-state index contributed by atoms with van der Waals surface area (Å²) < 4.78 is 2.08. The number of aryl methyl sites for hydroxylation is 1. The van der Waals surface area contributed by atoms with Gasteiger partial charge in [-0.3, -0.25) is 4.79 Å². The molecule has 0 bridgehead atoms. The van der Waals surface area contributed by atoms with E-state index in [9.17, 15) is 4.79 Å². The van der Waals surface area contributed by atoms with Crippen LogP contribution in [0.3, 0.4) is 0 Å². The Morgan fingerprint density at radius 3 is 2.75 bits per heavy atom. The number of carbonyl (C=O) groups excluding carboxylic acids is 1. The average Bonchev–Trinajstić information content (AvgIpc) is 3.21. The predicted molar refractivity (Wildman–Crippen MR) is 119 cm³/mol. The van der Waals surface area contributed by atoms with Gasteiger partial charge in [-0.25, -0.2) is 0 Å². The smallest absolute Gasteiger partial charge is 0.234 e. The lowest BCUT2D eigenvalue weighted by Gasteiger charge is -2.10. The second kappa shape index (κ2) is 9.31. The van der Waals surface area contributed by atoms with Crippen LogP contribution in [-0.4, -0.2) is 26.4 Å². The number of nitrogens with zero attached hydrogens (tertiary/aromatic N) is 3. The summed E-state index contributed by atoms with van der Waals surface area (Å²) in [5.41, 5.74) is 2.82. The molecule has 0 saturated heterocycles. The number of benzene rings is 1. The van der Waals surface area contributed by atoms with Gasteiger partial charge in [-0.15, -0.1) is 21.5 Å². The fraction of sp³-hybridized carbons (Fsp3) is 0.316. The molecule has 9 heteroatoms. The van der Waals surface area contributed by atoms with E-state index in [0.29, 0.717) is 15.7 Å². The van der Waals surface area contributed by atoms with Crippen LogP contribution in [0, 0.1) is 13.8 Å². The molecule has 0 saturated carbocycles. The lowest BCUT2D eigenvalue weighted by Crippen LogP contribution is -2.15. The van der Waals surface area contributed by atoms with Crippen molar-refractivity contribution in [1.29, 1.82) is 0 Å². The minimum absolute atomic E-state index is 0.177. The zero-order chi connectivity index (χ0) is 20.3. The minimum Gasteiger partial charge on any atom is -0.324 e. The van der Waals surface area contributed by atoms with Gasteiger partial charge in [-0.2, -0.15) is 0 Å². The molecule has 0 aliphatic rings. The number of nitrogens with one attached hydrogen (secondary N) is 1. The van der Waals surface area contributed by atoms with Crippen molar-refractivity contribution in [2.45, 2.75) is 38.9 Å². The van der Waals surface area contributed by atoms with Crippen LogP contribution in [0.15, 0.2) is 28.7 Å². The second-order valence-corrected chi connectivity index (χ2v) is 9.04. The lowest BCUT2D eigenvalue weighted by molar-refractivity contribution is -0.113. The van der Waals surface area contributed by atoms with E-state index in [0.717, 1.165) is 29.5 Å². The number of thioether (sulfide) groups is 1. The van der Waals surface area contributed by atoms with E-state index in [1.807, 2.05) is 0 Å². The molecule has 1 N–H and O–H groups in total. The first-order valence-electron chi connectivity index (χ1n) is 8.77. The minimum atomic E-state index is -0.177. The van der Waals surface area contributed by atoms with Crippen molar-refractivity contribution in [2.75, 3.05) is 11.1 Å². The normalized spacial score (nSPS) is 11.0. The fourth-order valence-corrected chi connectivity index (χ4v) is 4.65. The number of hydrogen-bond acceptors (Lipinski definition) is 5. The fourth-order valence-electron chi connectivity index (χ4n) is 2.67. The van der Waals surface area contributed by atoms with Crippen LogP contribution in [0.25, 0.3) is 11.4 Å². The van der Waals surface area contributed by atoms with Crippen molar-refractivity contribution in [1.82, 2.24) is 14.8 Å². The van der Waals surface area contributed by atoms with Crippen LogP contribution in [-0.2, 0) is 11.3 Å². The van der Waals surface area contributed by atoms with E-state index in [4.69, 9.17) is 23.2 Å². The molecule has 0 aliphatic carbocycles. The monoisotopic (exact) mass is 454 g/mol. The maximum absolute atomic E-state index is 12.4. The number of thiophene rings is 1. The maximum atomic E-state index is 12.4. The third-order valence-electron chi connectivity index (χ3n) is 4.25. The lowest BCUT2D eigenvalue weighted by atomic mass is 10.1. The molecule has 0 spiro atoms. The van der Waals surface area contributed by atoms with Crippen LogP contribution in [0.1, 0.15) is 23.8 Å². The van der Waals surface area contributed by atoms with Gasteiger partial charge < -0.3 is 9.88 Å². The highest BCUT2D eigenvalue weighted by molar-refractivity contribution is 7.99. The highest BCUT2D eigenvalue weighted by Gasteiger charge is 2.18. The van der Waals surface area contributed by atoms with Gasteiger partial charge in [0.15, 0.2) is 11.0 Å². The Morgan fingerprint density at radius 1 is 1.29 bits per heavy atom. The van der Waals surface area contributed by atoms with Gasteiger partial charge in [-0.05, 0) is 38.0 Å². The first-order chi connectivity index (χ1) is 13.4. The average molecular weight is 455 g/mol. The number of amides is 1. The summed E-state index contributed by atoms with van der Waals surface area (Å²) in [5.74, 6) is 0.876. The highest BCUT2D eigenvalue weighted by atomic mass is 35.5. The third kappa shape index (κ3) is 4.54. The zero-order valence-corrected chi connectivity index (χ0v) is 18.9. The Labute approximate surface area is 182 Å². The van der Waals surface area contributed by atoms with Crippen LogP contribution in [0.4, 0.5) is 5.69 Å². The molecule has 0 unspecified atom stereocenters. The van der Waals surface area contributed by atoms with Gasteiger partial charge in [0.05, 0.1) is 21.5 Å². The summed E-state index contributed by atoms with van der Waals surface area (Å²) in [6.07, 6.45) is 0.949. The number of rotatable bonds is 7. The van der Waals surface area contributed by atoms with Gasteiger partial charge in [0.2, 0.25) is 5.91 Å². The number of aromatic nitrogens is 3. The molecule has 5 nitrogen and oxygen atoms in total. The Bertz CT molecular complexity index is 1000. The first kappa shape index (κ1) is 21.2. The molecule has 0 atom stereocenters. The topological polar surface area (TPSA) is 59.8 Å². The zero-order valence-electron chi connectivity index (χ0n) is 15.8. The molecule has 3 aromatic rings. The Kier molecular flexibility index (Phi) is 7.04. The van der Waals surface area contributed by atoms with Gasteiger partial charge in [0, 0.05) is 22.4 Å². The third-order valence-corrected chi connectivity index (χ3v) is 7.05. The first-order valence-corrected chi connectivity index (χ1v) is 11.4. The quantitative estimate of drug-likeness (QED) is 0.439. The van der Waals surface area contributed by atoms with Crippen molar-refractivity contribution in [3.05, 3.63) is 44.1 Å². The molecule has 2 heterocycles. The molecule has 148 valence electrons. The number of carbonyl (C=O) groups is 1. The van der Waals surface area contributed by atoms with E-state index in [1.165, 1.54) is 22.2 Å². The molecule has 1 amide bonds. The van der Waals surface area contributed by atoms with Crippen LogP contribution < -0.4 is 5.32 Å². The molecule has 0 aliphatic heterocycles. The van der Waals surface area contributed by atoms with Gasteiger partial charge >= 0.3 is 0 Å².